The van der Waals surface area contributed by atoms with Crippen LogP contribution in [0.4, 0.5) is 0 Å². The summed E-state index contributed by atoms with van der Waals surface area (Å²) >= 11 is 3.33. The van der Waals surface area contributed by atoms with Crippen LogP contribution in [0.25, 0.3) is 0 Å². The van der Waals surface area contributed by atoms with Crippen molar-refractivity contribution in [3.63, 3.8) is 0 Å². The zero-order valence-corrected chi connectivity index (χ0v) is 12.1. The van der Waals surface area contributed by atoms with Gasteiger partial charge in [0.15, 0.2) is 6.61 Å². The van der Waals surface area contributed by atoms with E-state index in [0.29, 0.717) is 18.8 Å². The number of piperazine rings is 1. The maximum absolute atomic E-state index is 12.0. The number of carbonyl (C=O) groups is 2. The van der Waals surface area contributed by atoms with E-state index in [1.807, 2.05) is 12.1 Å². The summed E-state index contributed by atoms with van der Waals surface area (Å²) < 4.78 is 6.37. The Morgan fingerprint density at radius 1 is 1.47 bits per heavy atom. The lowest BCUT2D eigenvalue weighted by Crippen LogP contribution is -2.56. The van der Waals surface area contributed by atoms with Crippen molar-refractivity contribution in [2.24, 2.45) is 0 Å². The molecule has 0 saturated carbocycles. The predicted molar refractivity (Wildman–Crippen MR) is 73.8 cm³/mol. The van der Waals surface area contributed by atoms with Gasteiger partial charge in [-0.3, -0.25) is 9.59 Å². The molecule has 1 N–H and O–H groups in total. The second-order valence-corrected chi connectivity index (χ2v) is 5.21. The zero-order valence-electron chi connectivity index (χ0n) is 10.6. The summed E-state index contributed by atoms with van der Waals surface area (Å²) in [5, 5.41) is 2.72. The van der Waals surface area contributed by atoms with Gasteiger partial charge in [-0.1, -0.05) is 15.9 Å². The summed E-state index contributed by atoms with van der Waals surface area (Å²) in [7, 11) is 0. The first-order valence-electron chi connectivity index (χ1n) is 6.03. The molecule has 0 bridgehead atoms. The SMILES string of the molecule is CC1C(=O)NCCN1C(=O)COc1ccc(Br)cc1. The average Bonchev–Trinajstić information content (AvgIpc) is 2.41. The molecule has 0 radical (unpaired) electrons. The molecule has 1 aromatic rings. The van der Waals surface area contributed by atoms with Crippen LogP contribution in [0, 0.1) is 0 Å². The molecule has 1 aliphatic heterocycles. The number of nitrogens with zero attached hydrogens (tertiary/aromatic N) is 1. The van der Waals surface area contributed by atoms with Gasteiger partial charge in [0.25, 0.3) is 5.91 Å². The Labute approximate surface area is 120 Å². The van der Waals surface area contributed by atoms with Crippen LogP contribution >= 0.6 is 15.9 Å². The van der Waals surface area contributed by atoms with Crippen LogP contribution in [-0.2, 0) is 9.59 Å². The molecule has 0 aliphatic carbocycles. The Bertz CT molecular complexity index is 475. The van der Waals surface area contributed by atoms with Crippen molar-refractivity contribution in [3.05, 3.63) is 28.7 Å². The molecule has 1 aromatic carbocycles. The monoisotopic (exact) mass is 326 g/mol. The van der Waals surface area contributed by atoms with Crippen LogP contribution in [0.1, 0.15) is 6.92 Å². The first-order valence-corrected chi connectivity index (χ1v) is 6.83. The van der Waals surface area contributed by atoms with E-state index in [9.17, 15) is 9.59 Å². The summed E-state index contributed by atoms with van der Waals surface area (Å²) in [5.74, 6) is 0.333. The summed E-state index contributed by atoms with van der Waals surface area (Å²) in [6.07, 6.45) is 0. The van der Waals surface area contributed by atoms with Crippen molar-refractivity contribution in [1.82, 2.24) is 10.2 Å². The number of amides is 2. The summed E-state index contributed by atoms with van der Waals surface area (Å²) in [5.41, 5.74) is 0. The van der Waals surface area contributed by atoms with Gasteiger partial charge in [0.1, 0.15) is 11.8 Å². The van der Waals surface area contributed by atoms with E-state index < -0.39 is 6.04 Å². The van der Waals surface area contributed by atoms with Crippen molar-refractivity contribution in [2.45, 2.75) is 13.0 Å². The minimum Gasteiger partial charge on any atom is -0.484 e. The number of halogens is 1. The minimum absolute atomic E-state index is 0.0563. The molecule has 2 amide bonds. The molecule has 6 heteroatoms. The number of hydrogen-bond donors (Lipinski definition) is 1. The van der Waals surface area contributed by atoms with Crippen LogP contribution in [0.2, 0.25) is 0 Å². The smallest absolute Gasteiger partial charge is 0.261 e. The van der Waals surface area contributed by atoms with Crippen LogP contribution in [0.3, 0.4) is 0 Å². The van der Waals surface area contributed by atoms with Crippen LogP contribution in [0.15, 0.2) is 28.7 Å². The van der Waals surface area contributed by atoms with Gasteiger partial charge in [-0.15, -0.1) is 0 Å². The Kier molecular flexibility index (Phi) is 4.42. The van der Waals surface area contributed by atoms with E-state index in [-0.39, 0.29) is 18.4 Å². The molecule has 1 saturated heterocycles. The molecule has 5 nitrogen and oxygen atoms in total. The second kappa shape index (κ2) is 6.06. The maximum Gasteiger partial charge on any atom is 0.261 e. The van der Waals surface area contributed by atoms with Crippen molar-refractivity contribution in [1.29, 1.82) is 0 Å². The van der Waals surface area contributed by atoms with Gasteiger partial charge in [-0.2, -0.15) is 0 Å². The highest BCUT2D eigenvalue weighted by Gasteiger charge is 2.29. The Balaban J connectivity index is 1.90. The Morgan fingerprint density at radius 3 is 2.84 bits per heavy atom. The maximum atomic E-state index is 12.0. The summed E-state index contributed by atoms with van der Waals surface area (Å²) in [6, 6.07) is 6.82. The van der Waals surface area contributed by atoms with E-state index in [2.05, 4.69) is 21.2 Å². The van der Waals surface area contributed by atoms with Crippen LogP contribution < -0.4 is 10.1 Å². The standard InChI is InChI=1S/C13H15BrN2O3/c1-9-13(18)15-6-7-16(9)12(17)8-19-11-4-2-10(14)3-5-11/h2-5,9H,6-8H2,1H3,(H,15,18). The van der Waals surface area contributed by atoms with Gasteiger partial charge in [0.2, 0.25) is 5.91 Å². The molecule has 1 atom stereocenters. The topological polar surface area (TPSA) is 58.6 Å². The van der Waals surface area contributed by atoms with Crippen molar-refractivity contribution in [2.75, 3.05) is 19.7 Å². The first kappa shape index (κ1) is 13.9. The number of ether oxygens (including phenoxy) is 1. The number of carbonyl (C=O) groups excluding carboxylic acids is 2. The van der Waals surface area contributed by atoms with Crippen molar-refractivity contribution < 1.29 is 14.3 Å². The normalized spacial score (nSPS) is 18.9. The molecule has 0 spiro atoms. The number of benzene rings is 1. The Morgan fingerprint density at radius 2 is 2.16 bits per heavy atom. The molecule has 0 aromatic heterocycles. The molecule has 19 heavy (non-hydrogen) atoms. The highest BCUT2D eigenvalue weighted by atomic mass is 79.9. The molecular weight excluding hydrogens is 312 g/mol. The van der Waals surface area contributed by atoms with Crippen LogP contribution in [-0.4, -0.2) is 42.5 Å². The van der Waals surface area contributed by atoms with E-state index in [4.69, 9.17) is 4.74 Å². The van der Waals surface area contributed by atoms with Gasteiger partial charge in [0.05, 0.1) is 0 Å². The van der Waals surface area contributed by atoms with Crippen molar-refractivity contribution >= 4 is 27.7 Å². The molecule has 102 valence electrons. The lowest BCUT2D eigenvalue weighted by atomic mass is 10.2. The van der Waals surface area contributed by atoms with E-state index in [1.165, 1.54) is 4.90 Å². The minimum atomic E-state index is -0.435. The zero-order chi connectivity index (χ0) is 13.8. The van der Waals surface area contributed by atoms with Crippen molar-refractivity contribution in [3.8, 4) is 5.75 Å². The fourth-order valence-corrected chi connectivity index (χ4v) is 2.15. The first-order chi connectivity index (χ1) is 9.08. The van der Waals surface area contributed by atoms with Crippen LogP contribution in [0.5, 0.6) is 5.75 Å². The van der Waals surface area contributed by atoms with Gasteiger partial charge in [-0.25, -0.2) is 0 Å². The third-order valence-electron chi connectivity index (χ3n) is 3.00. The molecule has 1 fully saturated rings. The highest BCUT2D eigenvalue weighted by Crippen LogP contribution is 2.16. The van der Waals surface area contributed by atoms with E-state index in [1.54, 1.807) is 19.1 Å². The lowest BCUT2D eigenvalue weighted by Gasteiger charge is -2.32. The van der Waals surface area contributed by atoms with Gasteiger partial charge < -0.3 is 15.0 Å². The number of nitrogens with one attached hydrogen (secondary N) is 1. The van der Waals surface area contributed by atoms with Gasteiger partial charge >= 0.3 is 0 Å². The Hall–Kier alpha value is -1.56. The summed E-state index contributed by atoms with van der Waals surface area (Å²) in [4.78, 5) is 25.0. The molecule has 2 rings (SSSR count). The molecule has 1 heterocycles. The highest BCUT2D eigenvalue weighted by molar-refractivity contribution is 9.10. The third-order valence-corrected chi connectivity index (χ3v) is 3.52. The number of hydrogen-bond acceptors (Lipinski definition) is 3. The van der Waals surface area contributed by atoms with Gasteiger partial charge in [0, 0.05) is 17.6 Å². The molecular formula is C13H15BrN2O3. The molecule has 1 aliphatic rings. The third kappa shape index (κ3) is 3.47. The number of rotatable bonds is 3. The lowest BCUT2D eigenvalue weighted by molar-refractivity contribution is -0.143. The second-order valence-electron chi connectivity index (χ2n) is 4.30. The van der Waals surface area contributed by atoms with E-state index in [0.717, 1.165) is 4.47 Å². The summed E-state index contributed by atoms with van der Waals surface area (Å²) in [6.45, 7) is 2.67. The fraction of sp³-hybridized carbons (Fsp3) is 0.385. The molecule has 1 unspecified atom stereocenters. The quantitative estimate of drug-likeness (QED) is 0.907. The predicted octanol–water partition coefficient (Wildman–Crippen LogP) is 1.17. The average molecular weight is 327 g/mol. The van der Waals surface area contributed by atoms with E-state index >= 15 is 0 Å². The largest absolute Gasteiger partial charge is 0.484 e. The fourth-order valence-electron chi connectivity index (χ4n) is 1.88. The van der Waals surface area contributed by atoms with Gasteiger partial charge in [-0.05, 0) is 31.2 Å².